The second-order valence-electron chi connectivity index (χ2n) is 2.50. The van der Waals surface area contributed by atoms with E-state index in [-0.39, 0.29) is 11.6 Å². The predicted molar refractivity (Wildman–Crippen MR) is 33.0 cm³/mol. The molecule has 9 heavy (non-hydrogen) atoms. The first-order valence-electron chi connectivity index (χ1n) is 2.87. The van der Waals surface area contributed by atoms with E-state index in [9.17, 15) is 0 Å². The Kier molecular flexibility index (Phi) is 1.35. The molecule has 0 aromatic rings. The van der Waals surface area contributed by atoms with E-state index in [1.54, 1.807) is 0 Å². The lowest BCUT2D eigenvalue weighted by Gasteiger charge is -2.40. The van der Waals surface area contributed by atoms with Crippen LogP contribution < -0.4 is 0 Å². The minimum atomic E-state index is -0.283. The Morgan fingerprint density at radius 1 is 1.89 bits per heavy atom. The number of rotatable bonds is 1. The molecule has 1 aliphatic heterocycles. The third kappa shape index (κ3) is 0.866. The molecule has 0 aliphatic carbocycles. The summed E-state index contributed by atoms with van der Waals surface area (Å²) in [5, 5.41) is 3.60. The van der Waals surface area contributed by atoms with Gasteiger partial charge in [-0.15, -0.1) is 0 Å². The highest BCUT2D eigenvalue weighted by atomic mass is 16.5. The molecule has 0 spiro atoms. The zero-order valence-electron chi connectivity index (χ0n) is 5.53. The van der Waals surface area contributed by atoms with Gasteiger partial charge in [0.25, 0.3) is 0 Å². The molecule has 0 N–H and O–H groups in total. The standard InChI is InChI=1S/C5H9N3O/c1-4-5(2,3-9-4)7-8-6/h4H,3H2,1-2H3. The SMILES string of the molecule is CC1OCC1(C)N=[N+]=[N-]. The monoisotopic (exact) mass is 127 g/mol. The molecule has 0 aromatic heterocycles. The van der Waals surface area contributed by atoms with Crippen LogP contribution in [0.15, 0.2) is 5.11 Å². The van der Waals surface area contributed by atoms with Gasteiger partial charge in [0.2, 0.25) is 0 Å². The molecule has 0 amide bonds. The summed E-state index contributed by atoms with van der Waals surface area (Å²) in [6.45, 7) is 4.34. The summed E-state index contributed by atoms with van der Waals surface area (Å²) in [6.07, 6.45) is 0.0772. The van der Waals surface area contributed by atoms with Crippen molar-refractivity contribution in [2.24, 2.45) is 5.11 Å². The summed E-state index contributed by atoms with van der Waals surface area (Å²) in [7, 11) is 0. The van der Waals surface area contributed by atoms with Crippen molar-refractivity contribution >= 4 is 0 Å². The Morgan fingerprint density at radius 3 is 2.67 bits per heavy atom. The van der Waals surface area contributed by atoms with Gasteiger partial charge in [0.15, 0.2) is 0 Å². The Hall–Kier alpha value is -0.730. The van der Waals surface area contributed by atoms with Crippen LogP contribution in [0.2, 0.25) is 0 Å². The van der Waals surface area contributed by atoms with Crippen molar-refractivity contribution in [1.82, 2.24) is 0 Å². The summed E-state index contributed by atoms with van der Waals surface area (Å²) < 4.78 is 5.03. The average molecular weight is 127 g/mol. The van der Waals surface area contributed by atoms with Gasteiger partial charge in [0.1, 0.15) is 0 Å². The van der Waals surface area contributed by atoms with Gasteiger partial charge < -0.3 is 4.74 Å². The van der Waals surface area contributed by atoms with E-state index in [0.717, 1.165) is 0 Å². The van der Waals surface area contributed by atoms with Crippen LogP contribution in [-0.4, -0.2) is 18.2 Å². The van der Waals surface area contributed by atoms with Crippen molar-refractivity contribution in [1.29, 1.82) is 0 Å². The van der Waals surface area contributed by atoms with Gasteiger partial charge >= 0.3 is 0 Å². The topological polar surface area (TPSA) is 58.0 Å². The van der Waals surface area contributed by atoms with E-state index in [4.69, 9.17) is 10.3 Å². The van der Waals surface area contributed by atoms with Crippen LogP contribution in [0.25, 0.3) is 10.4 Å². The van der Waals surface area contributed by atoms with Crippen molar-refractivity contribution in [3.8, 4) is 0 Å². The van der Waals surface area contributed by atoms with Crippen molar-refractivity contribution in [2.75, 3.05) is 6.61 Å². The lowest BCUT2D eigenvalue weighted by molar-refractivity contribution is -0.112. The maximum Gasteiger partial charge on any atom is 0.0951 e. The Labute approximate surface area is 53.4 Å². The molecule has 0 saturated carbocycles. The molecular formula is C5H9N3O. The minimum Gasteiger partial charge on any atom is -0.377 e. The van der Waals surface area contributed by atoms with Crippen LogP contribution in [0.3, 0.4) is 0 Å². The Morgan fingerprint density at radius 2 is 2.56 bits per heavy atom. The lowest BCUT2D eigenvalue weighted by Crippen LogP contribution is -2.52. The number of azide groups is 1. The smallest absolute Gasteiger partial charge is 0.0951 e. The molecule has 0 bridgehead atoms. The minimum absolute atomic E-state index is 0.0772. The van der Waals surface area contributed by atoms with Gasteiger partial charge in [-0.3, -0.25) is 0 Å². The van der Waals surface area contributed by atoms with Crippen molar-refractivity contribution < 1.29 is 4.74 Å². The van der Waals surface area contributed by atoms with E-state index < -0.39 is 0 Å². The second kappa shape index (κ2) is 1.90. The highest BCUT2D eigenvalue weighted by molar-refractivity contribution is 4.96. The fourth-order valence-electron chi connectivity index (χ4n) is 0.704. The molecular weight excluding hydrogens is 118 g/mol. The Balaban J connectivity index is 2.63. The van der Waals surface area contributed by atoms with E-state index in [2.05, 4.69) is 10.0 Å². The van der Waals surface area contributed by atoms with E-state index >= 15 is 0 Å². The molecule has 0 radical (unpaired) electrons. The van der Waals surface area contributed by atoms with Crippen LogP contribution in [0.4, 0.5) is 0 Å². The molecule has 2 unspecified atom stereocenters. The lowest BCUT2D eigenvalue weighted by atomic mass is 9.93. The van der Waals surface area contributed by atoms with Gasteiger partial charge in [-0.1, -0.05) is 5.11 Å². The molecule has 50 valence electrons. The van der Waals surface area contributed by atoms with Crippen LogP contribution in [0.1, 0.15) is 13.8 Å². The third-order valence-corrected chi connectivity index (χ3v) is 1.77. The summed E-state index contributed by atoms with van der Waals surface area (Å²) >= 11 is 0. The van der Waals surface area contributed by atoms with Gasteiger partial charge in [0.05, 0.1) is 18.2 Å². The van der Waals surface area contributed by atoms with Gasteiger partial charge in [-0.25, -0.2) is 0 Å². The number of nitrogens with zero attached hydrogens (tertiary/aromatic N) is 3. The molecule has 4 heteroatoms. The first-order chi connectivity index (χ1) is 4.19. The molecule has 0 aromatic carbocycles. The van der Waals surface area contributed by atoms with Crippen molar-refractivity contribution in [3.05, 3.63) is 10.4 Å². The molecule has 2 atom stereocenters. The van der Waals surface area contributed by atoms with Crippen LogP contribution in [0, 0.1) is 0 Å². The highest BCUT2D eigenvalue weighted by Crippen LogP contribution is 2.28. The maximum absolute atomic E-state index is 8.09. The Bertz CT molecular complexity index is 164. The zero-order valence-corrected chi connectivity index (χ0v) is 5.53. The fourth-order valence-corrected chi connectivity index (χ4v) is 0.704. The molecule has 1 fully saturated rings. The summed E-state index contributed by atoms with van der Waals surface area (Å²) in [6, 6.07) is 0. The summed E-state index contributed by atoms with van der Waals surface area (Å²) in [5.41, 5.74) is 7.80. The maximum atomic E-state index is 8.09. The third-order valence-electron chi connectivity index (χ3n) is 1.77. The molecule has 1 aliphatic rings. The molecule has 4 nitrogen and oxygen atoms in total. The van der Waals surface area contributed by atoms with E-state index in [0.29, 0.717) is 6.61 Å². The average Bonchev–Trinajstić information content (AvgIpc) is 1.86. The van der Waals surface area contributed by atoms with Crippen LogP contribution >= 0.6 is 0 Å². The molecule has 1 heterocycles. The zero-order chi connectivity index (χ0) is 6.91. The summed E-state index contributed by atoms with van der Waals surface area (Å²) in [5.74, 6) is 0. The quantitative estimate of drug-likeness (QED) is 0.299. The number of ether oxygens (including phenoxy) is 1. The van der Waals surface area contributed by atoms with Gasteiger partial charge in [-0.2, -0.15) is 0 Å². The fraction of sp³-hybridized carbons (Fsp3) is 1.00. The van der Waals surface area contributed by atoms with Crippen molar-refractivity contribution in [3.63, 3.8) is 0 Å². The van der Waals surface area contributed by atoms with Gasteiger partial charge in [-0.05, 0) is 19.4 Å². The first-order valence-corrected chi connectivity index (χ1v) is 2.87. The highest BCUT2D eigenvalue weighted by Gasteiger charge is 2.40. The second-order valence-corrected chi connectivity index (χ2v) is 2.50. The van der Waals surface area contributed by atoms with Crippen LogP contribution in [0.5, 0.6) is 0 Å². The predicted octanol–water partition coefficient (Wildman–Crippen LogP) is 1.47. The first kappa shape index (κ1) is 6.39. The van der Waals surface area contributed by atoms with Crippen molar-refractivity contribution in [2.45, 2.75) is 25.5 Å². The van der Waals surface area contributed by atoms with E-state index in [1.165, 1.54) is 0 Å². The van der Waals surface area contributed by atoms with E-state index in [1.807, 2.05) is 13.8 Å². The number of hydrogen-bond donors (Lipinski definition) is 0. The normalized spacial score (nSPS) is 40.9. The summed E-state index contributed by atoms with van der Waals surface area (Å²) in [4.78, 5) is 2.72. The van der Waals surface area contributed by atoms with Crippen LogP contribution in [-0.2, 0) is 4.74 Å². The molecule has 1 saturated heterocycles. The largest absolute Gasteiger partial charge is 0.377 e. The number of hydrogen-bond acceptors (Lipinski definition) is 2. The molecule has 1 rings (SSSR count). The van der Waals surface area contributed by atoms with Gasteiger partial charge in [0, 0.05) is 4.91 Å².